The molecule has 0 aliphatic heterocycles. The van der Waals surface area contributed by atoms with Gasteiger partial charge in [-0.3, -0.25) is 9.71 Å². The van der Waals surface area contributed by atoms with Gasteiger partial charge in [0.1, 0.15) is 0 Å². The van der Waals surface area contributed by atoms with Crippen molar-refractivity contribution in [3.63, 3.8) is 0 Å². The van der Waals surface area contributed by atoms with Crippen LogP contribution in [0.3, 0.4) is 0 Å². The molecule has 22 heavy (non-hydrogen) atoms. The van der Waals surface area contributed by atoms with Gasteiger partial charge in [0.15, 0.2) is 0 Å². The predicted octanol–water partition coefficient (Wildman–Crippen LogP) is 3.65. The maximum Gasteiger partial charge on any atom is 0.261 e. The Morgan fingerprint density at radius 1 is 0.955 bits per heavy atom. The number of aromatic nitrogens is 1. The molecule has 0 aliphatic rings. The molecule has 0 atom stereocenters. The molecule has 112 valence electrons. The number of benzene rings is 2. The van der Waals surface area contributed by atoms with E-state index in [1.165, 1.54) is 0 Å². The lowest BCUT2D eigenvalue weighted by Crippen LogP contribution is -2.12. The number of hydrogen-bond acceptors (Lipinski definition) is 3. The lowest BCUT2D eigenvalue weighted by molar-refractivity contribution is 0.601. The van der Waals surface area contributed by atoms with E-state index in [0.717, 1.165) is 22.0 Å². The fourth-order valence-corrected chi connectivity index (χ4v) is 3.34. The number of nitrogens with zero attached hydrogens (tertiary/aromatic N) is 1. The van der Waals surface area contributed by atoms with Crippen LogP contribution in [0.5, 0.6) is 0 Å². The van der Waals surface area contributed by atoms with Gasteiger partial charge < -0.3 is 0 Å². The minimum Gasteiger partial charge on any atom is -0.280 e. The third-order valence-electron chi connectivity index (χ3n) is 3.54. The van der Waals surface area contributed by atoms with Crippen LogP contribution in [-0.4, -0.2) is 13.4 Å². The van der Waals surface area contributed by atoms with Gasteiger partial charge in [0.05, 0.1) is 16.1 Å². The summed E-state index contributed by atoms with van der Waals surface area (Å²) in [5, 5.41) is 1.01. The summed E-state index contributed by atoms with van der Waals surface area (Å²) in [6, 6.07) is 14.1. The first kappa shape index (κ1) is 14.5. The quantitative estimate of drug-likeness (QED) is 0.803. The molecule has 0 amide bonds. The Hall–Kier alpha value is -2.40. The molecule has 0 spiro atoms. The average molecular weight is 312 g/mol. The monoisotopic (exact) mass is 312 g/mol. The highest BCUT2D eigenvalue weighted by molar-refractivity contribution is 7.92. The summed E-state index contributed by atoms with van der Waals surface area (Å²) in [6.07, 6.45) is 1.72. The molecule has 1 N–H and O–H groups in total. The van der Waals surface area contributed by atoms with E-state index in [2.05, 4.69) is 9.71 Å². The molecule has 1 heterocycles. The third kappa shape index (κ3) is 2.80. The molecule has 0 aliphatic carbocycles. The van der Waals surface area contributed by atoms with Gasteiger partial charge in [-0.05, 0) is 49.7 Å². The Balaban J connectivity index is 1.97. The summed E-state index contributed by atoms with van der Waals surface area (Å²) >= 11 is 0. The topological polar surface area (TPSA) is 59.1 Å². The molecular weight excluding hydrogens is 296 g/mol. The largest absolute Gasteiger partial charge is 0.280 e. The van der Waals surface area contributed by atoms with Crippen LogP contribution in [0.4, 0.5) is 5.69 Å². The van der Waals surface area contributed by atoms with Crippen molar-refractivity contribution in [3.05, 3.63) is 65.9 Å². The van der Waals surface area contributed by atoms with E-state index in [1.54, 1.807) is 42.6 Å². The summed E-state index contributed by atoms with van der Waals surface area (Å²) in [5.74, 6) is 0. The van der Waals surface area contributed by atoms with Crippen molar-refractivity contribution in [2.45, 2.75) is 18.7 Å². The molecule has 3 aromatic rings. The summed E-state index contributed by atoms with van der Waals surface area (Å²) in [6.45, 7) is 3.92. The summed E-state index contributed by atoms with van der Waals surface area (Å²) in [7, 11) is -3.59. The van der Waals surface area contributed by atoms with Crippen molar-refractivity contribution in [3.8, 4) is 0 Å². The van der Waals surface area contributed by atoms with Crippen LogP contribution in [-0.2, 0) is 10.0 Å². The second kappa shape index (κ2) is 5.42. The summed E-state index contributed by atoms with van der Waals surface area (Å²) < 4.78 is 27.4. The zero-order valence-corrected chi connectivity index (χ0v) is 13.2. The highest BCUT2D eigenvalue weighted by Gasteiger charge is 2.14. The molecule has 3 rings (SSSR count). The minimum absolute atomic E-state index is 0.246. The standard InChI is InChI=1S/C17H16N2O2S/c1-12-3-6-15(7-4-12)22(20,21)19-14-5-8-16-13(2)9-10-18-17(16)11-14/h3-11,19H,1-2H3. The molecule has 0 fully saturated rings. The first-order chi connectivity index (χ1) is 10.5. The number of rotatable bonds is 3. The van der Waals surface area contributed by atoms with Crippen molar-refractivity contribution >= 4 is 26.6 Å². The highest BCUT2D eigenvalue weighted by Crippen LogP contribution is 2.22. The molecule has 4 nitrogen and oxygen atoms in total. The average Bonchev–Trinajstić information content (AvgIpc) is 2.47. The van der Waals surface area contributed by atoms with Gasteiger partial charge in [-0.2, -0.15) is 0 Å². The zero-order chi connectivity index (χ0) is 15.7. The SMILES string of the molecule is Cc1ccc(S(=O)(=O)Nc2ccc3c(C)ccnc3c2)cc1. The molecule has 1 aromatic heterocycles. The maximum absolute atomic E-state index is 12.4. The second-order valence-electron chi connectivity index (χ2n) is 5.28. The number of hydrogen-bond donors (Lipinski definition) is 1. The van der Waals surface area contributed by atoms with Crippen LogP contribution in [0.15, 0.2) is 59.6 Å². The van der Waals surface area contributed by atoms with Gasteiger partial charge in [-0.25, -0.2) is 8.42 Å². The van der Waals surface area contributed by atoms with E-state index < -0.39 is 10.0 Å². The fourth-order valence-electron chi connectivity index (χ4n) is 2.29. The van der Waals surface area contributed by atoms with Crippen molar-refractivity contribution in [1.82, 2.24) is 4.98 Å². The molecule has 0 saturated heterocycles. The fraction of sp³-hybridized carbons (Fsp3) is 0.118. The Kier molecular flexibility index (Phi) is 3.58. The van der Waals surface area contributed by atoms with Crippen LogP contribution >= 0.6 is 0 Å². The van der Waals surface area contributed by atoms with Gasteiger partial charge >= 0.3 is 0 Å². The van der Waals surface area contributed by atoms with Crippen molar-refractivity contribution in [1.29, 1.82) is 0 Å². The number of fused-ring (bicyclic) bond motifs is 1. The normalized spacial score (nSPS) is 11.5. The first-order valence-corrected chi connectivity index (χ1v) is 8.39. The number of anilines is 1. The number of aryl methyl sites for hydroxylation is 2. The predicted molar refractivity (Wildman–Crippen MR) is 88.5 cm³/mol. The molecule has 0 unspecified atom stereocenters. The van der Waals surface area contributed by atoms with Crippen molar-refractivity contribution < 1.29 is 8.42 Å². The van der Waals surface area contributed by atoms with E-state index in [4.69, 9.17) is 0 Å². The second-order valence-corrected chi connectivity index (χ2v) is 6.96. The molecule has 0 radical (unpaired) electrons. The minimum atomic E-state index is -3.59. The van der Waals surface area contributed by atoms with E-state index in [-0.39, 0.29) is 4.90 Å². The summed E-state index contributed by atoms with van der Waals surface area (Å²) in [5.41, 5.74) is 3.40. The van der Waals surface area contributed by atoms with Crippen LogP contribution in [0, 0.1) is 13.8 Å². The van der Waals surface area contributed by atoms with Crippen molar-refractivity contribution in [2.24, 2.45) is 0 Å². The van der Waals surface area contributed by atoms with Crippen LogP contribution in [0.25, 0.3) is 10.9 Å². The first-order valence-electron chi connectivity index (χ1n) is 6.90. The van der Waals surface area contributed by atoms with Crippen LogP contribution in [0.2, 0.25) is 0 Å². The Bertz CT molecular complexity index is 933. The van der Waals surface area contributed by atoms with E-state index in [9.17, 15) is 8.42 Å². The Morgan fingerprint density at radius 2 is 1.68 bits per heavy atom. The van der Waals surface area contributed by atoms with Gasteiger partial charge in [-0.15, -0.1) is 0 Å². The van der Waals surface area contributed by atoms with Crippen LogP contribution in [0.1, 0.15) is 11.1 Å². The van der Waals surface area contributed by atoms with Crippen molar-refractivity contribution in [2.75, 3.05) is 4.72 Å². The molecule has 0 bridgehead atoms. The van der Waals surface area contributed by atoms with Gasteiger partial charge in [0.2, 0.25) is 0 Å². The lowest BCUT2D eigenvalue weighted by Gasteiger charge is -2.09. The number of sulfonamides is 1. The van der Waals surface area contributed by atoms with Crippen LogP contribution < -0.4 is 4.72 Å². The maximum atomic E-state index is 12.4. The van der Waals surface area contributed by atoms with E-state index >= 15 is 0 Å². The smallest absolute Gasteiger partial charge is 0.261 e. The Morgan fingerprint density at radius 3 is 2.41 bits per heavy atom. The number of pyridine rings is 1. The summed E-state index contributed by atoms with van der Waals surface area (Å²) in [4.78, 5) is 4.53. The van der Waals surface area contributed by atoms with Gasteiger partial charge in [0, 0.05) is 11.6 Å². The third-order valence-corrected chi connectivity index (χ3v) is 4.94. The van der Waals surface area contributed by atoms with Gasteiger partial charge in [0.25, 0.3) is 10.0 Å². The molecule has 5 heteroatoms. The number of nitrogens with one attached hydrogen (secondary N) is 1. The molecule has 2 aromatic carbocycles. The lowest BCUT2D eigenvalue weighted by atomic mass is 10.1. The highest BCUT2D eigenvalue weighted by atomic mass is 32.2. The van der Waals surface area contributed by atoms with E-state index in [0.29, 0.717) is 5.69 Å². The van der Waals surface area contributed by atoms with E-state index in [1.807, 2.05) is 26.0 Å². The Labute approximate surface area is 129 Å². The molecular formula is C17H16N2O2S. The van der Waals surface area contributed by atoms with Gasteiger partial charge in [-0.1, -0.05) is 23.8 Å². The molecule has 0 saturated carbocycles. The zero-order valence-electron chi connectivity index (χ0n) is 12.4.